The van der Waals surface area contributed by atoms with Crippen LogP contribution in [-0.4, -0.2) is 65.2 Å². The number of rotatable bonds is 9. The van der Waals surface area contributed by atoms with Gasteiger partial charge in [-0.1, -0.05) is 17.7 Å². The fraction of sp³-hybridized carbons (Fsp3) is 0.611. The minimum Gasteiger partial charge on any atom is -0.382 e. The van der Waals surface area contributed by atoms with Crippen LogP contribution in [0.1, 0.15) is 18.4 Å². The molecular formula is C18H28N2O5S. The molecule has 2 rings (SSSR count). The van der Waals surface area contributed by atoms with Crippen LogP contribution in [0.3, 0.4) is 0 Å². The van der Waals surface area contributed by atoms with Gasteiger partial charge in [0.2, 0.25) is 15.9 Å². The van der Waals surface area contributed by atoms with Crippen molar-refractivity contribution in [3.8, 4) is 0 Å². The number of carbonyl (C=O) groups is 1. The zero-order valence-electron chi connectivity index (χ0n) is 15.4. The van der Waals surface area contributed by atoms with E-state index in [1.807, 2.05) is 6.92 Å². The molecule has 26 heavy (non-hydrogen) atoms. The lowest BCUT2D eigenvalue weighted by Gasteiger charge is -2.30. The molecule has 0 atom stereocenters. The molecule has 1 fully saturated rings. The fourth-order valence-electron chi connectivity index (χ4n) is 2.85. The Kier molecular flexibility index (Phi) is 8.02. The normalized spacial score (nSPS) is 16.5. The van der Waals surface area contributed by atoms with Crippen molar-refractivity contribution in [2.45, 2.75) is 24.7 Å². The Balaban J connectivity index is 1.77. The number of amides is 1. The summed E-state index contributed by atoms with van der Waals surface area (Å²) in [6.45, 7) is 4.56. The van der Waals surface area contributed by atoms with Crippen LogP contribution in [0.2, 0.25) is 0 Å². The van der Waals surface area contributed by atoms with Crippen LogP contribution >= 0.6 is 0 Å². The molecule has 1 saturated heterocycles. The Bertz CT molecular complexity index is 667. The van der Waals surface area contributed by atoms with Crippen LogP contribution in [0.5, 0.6) is 0 Å². The lowest BCUT2D eigenvalue weighted by molar-refractivity contribution is -0.126. The fourth-order valence-corrected chi connectivity index (χ4v) is 4.32. The number of benzene rings is 1. The zero-order chi connectivity index (χ0) is 19.0. The minimum atomic E-state index is -3.49. The van der Waals surface area contributed by atoms with Crippen LogP contribution in [0.25, 0.3) is 0 Å². The topological polar surface area (TPSA) is 84.9 Å². The monoisotopic (exact) mass is 384 g/mol. The van der Waals surface area contributed by atoms with Gasteiger partial charge in [-0.15, -0.1) is 0 Å². The molecule has 0 aliphatic carbocycles. The molecule has 1 heterocycles. The standard InChI is InChI=1S/C18H28N2O5S/c1-15-3-5-17(6-4-15)26(22,23)20-10-7-16(8-11-20)18(21)19-9-12-25-14-13-24-2/h3-6,16H,7-14H2,1-2H3,(H,19,21). The number of hydrogen-bond donors (Lipinski definition) is 1. The van der Waals surface area contributed by atoms with Gasteiger partial charge in [0.1, 0.15) is 0 Å². The van der Waals surface area contributed by atoms with Crippen molar-refractivity contribution in [2.75, 3.05) is 46.6 Å². The van der Waals surface area contributed by atoms with Crippen molar-refractivity contribution in [1.29, 1.82) is 0 Å². The number of nitrogens with zero attached hydrogens (tertiary/aromatic N) is 1. The molecule has 0 aromatic heterocycles. The number of ether oxygens (including phenoxy) is 2. The molecule has 8 heteroatoms. The molecule has 0 radical (unpaired) electrons. The summed E-state index contributed by atoms with van der Waals surface area (Å²) >= 11 is 0. The van der Waals surface area contributed by atoms with E-state index in [0.717, 1.165) is 5.56 Å². The molecule has 7 nitrogen and oxygen atoms in total. The largest absolute Gasteiger partial charge is 0.382 e. The highest BCUT2D eigenvalue weighted by Crippen LogP contribution is 2.24. The lowest BCUT2D eigenvalue weighted by Crippen LogP contribution is -2.43. The molecule has 0 spiro atoms. The van der Waals surface area contributed by atoms with Crippen molar-refractivity contribution in [3.63, 3.8) is 0 Å². The van der Waals surface area contributed by atoms with E-state index in [-0.39, 0.29) is 11.8 Å². The van der Waals surface area contributed by atoms with Gasteiger partial charge < -0.3 is 14.8 Å². The van der Waals surface area contributed by atoms with Crippen molar-refractivity contribution < 1.29 is 22.7 Å². The van der Waals surface area contributed by atoms with Gasteiger partial charge in [0.05, 0.1) is 24.7 Å². The second-order valence-electron chi connectivity index (χ2n) is 6.39. The summed E-state index contributed by atoms with van der Waals surface area (Å²) < 4.78 is 37.0. The third-order valence-corrected chi connectivity index (χ3v) is 6.37. The first-order chi connectivity index (χ1) is 12.4. The van der Waals surface area contributed by atoms with E-state index < -0.39 is 10.0 Å². The van der Waals surface area contributed by atoms with Crippen LogP contribution in [0.4, 0.5) is 0 Å². The first-order valence-corrected chi connectivity index (χ1v) is 10.3. The predicted octanol–water partition coefficient (Wildman–Crippen LogP) is 1.17. The third kappa shape index (κ3) is 5.77. The summed E-state index contributed by atoms with van der Waals surface area (Å²) in [5.41, 5.74) is 1.02. The number of sulfonamides is 1. The maximum atomic E-state index is 12.7. The quantitative estimate of drug-likeness (QED) is 0.646. The maximum Gasteiger partial charge on any atom is 0.243 e. The second-order valence-corrected chi connectivity index (χ2v) is 8.33. The van der Waals surface area contributed by atoms with Crippen molar-refractivity contribution in [1.82, 2.24) is 9.62 Å². The van der Waals surface area contributed by atoms with E-state index >= 15 is 0 Å². The summed E-state index contributed by atoms with van der Waals surface area (Å²) in [5, 5.41) is 2.85. The summed E-state index contributed by atoms with van der Waals surface area (Å²) in [7, 11) is -1.88. The molecule has 0 bridgehead atoms. The molecule has 1 aliphatic heterocycles. The van der Waals surface area contributed by atoms with E-state index in [1.165, 1.54) is 4.31 Å². The van der Waals surface area contributed by atoms with Gasteiger partial charge in [-0.25, -0.2) is 8.42 Å². The highest BCUT2D eigenvalue weighted by molar-refractivity contribution is 7.89. The Morgan fingerprint density at radius 1 is 1.15 bits per heavy atom. The SMILES string of the molecule is COCCOCCNC(=O)C1CCN(S(=O)(=O)c2ccc(C)cc2)CC1. The van der Waals surface area contributed by atoms with E-state index in [0.29, 0.717) is 57.2 Å². The smallest absolute Gasteiger partial charge is 0.243 e. The second kappa shape index (κ2) is 10.0. The number of carbonyl (C=O) groups excluding carboxylic acids is 1. The summed E-state index contributed by atoms with van der Waals surface area (Å²) in [4.78, 5) is 12.5. The van der Waals surface area contributed by atoms with E-state index in [2.05, 4.69) is 5.32 Å². The molecule has 146 valence electrons. The third-order valence-electron chi connectivity index (χ3n) is 4.46. The Hall–Kier alpha value is -1.48. The van der Waals surface area contributed by atoms with Gasteiger partial charge in [-0.2, -0.15) is 4.31 Å². The van der Waals surface area contributed by atoms with Gasteiger partial charge >= 0.3 is 0 Å². The molecule has 1 aromatic carbocycles. The molecule has 1 aliphatic rings. The summed E-state index contributed by atoms with van der Waals surface area (Å²) in [6, 6.07) is 6.85. The van der Waals surface area contributed by atoms with Gasteiger partial charge in [-0.3, -0.25) is 4.79 Å². The molecule has 1 amide bonds. The van der Waals surface area contributed by atoms with Gasteiger partial charge in [0.15, 0.2) is 0 Å². The van der Waals surface area contributed by atoms with Crippen molar-refractivity contribution in [3.05, 3.63) is 29.8 Å². The predicted molar refractivity (Wildman–Crippen MR) is 98.4 cm³/mol. The van der Waals surface area contributed by atoms with Gasteiger partial charge in [-0.05, 0) is 31.9 Å². The Morgan fingerprint density at radius 2 is 1.81 bits per heavy atom. The van der Waals surface area contributed by atoms with Gasteiger partial charge in [0.25, 0.3) is 0 Å². The maximum absolute atomic E-state index is 12.7. The van der Waals surface area contributed by atoms with Crippen molar-refractivity contribution >= 4 is 15.9 Å². The number of hydrogen-bond acceptors (Lipinski definition) is 5. The first kappa shape index (κ1) is 20.8. The average molecular weight is 384 g/mol. The lowest BCUT2D eigenvalue weighted by atomic mass is 9.97. The van der Waals surface area contributed by atoms with E-state index in [4.69, 9.17) is 9.47 Å². The molecule has 0 unspecified atom stereocenters. The molecular weight excluding hydrogens is 356 g/mol. The average Bonchev–Trinajstić information content (AvgIpc) is 2.65. The zero-order valence-corrected chi connectivity index (χ0v) is 16.3. The highest BCUT2D eigenvalue weighted by Gasteiger charge is 2.31. The summed E-state index contributed by atoms with van der Waals surface area (Å²) in [6.07, 6.45) is 1.06. The van der Waals surface area contributed by atoms with Crippen molar-refractivity contribution in [2.24, 2.45) is 5.92 Å². The molecule has 0 saturated carbocycles. The van der Waals surface area contributed by atoms with Crippen LogP contribution in [-0.2, 0) is 24.3 Å². The Morgan fingerprint density at radius 3 is 2.42 bits per heavy atom. The number of methoxy groups -OCH3 is 1. The first-order valence-electron chi connectivity index (χ1n) is 8.86. The number of nitrogens with one attached hydrogen (secondary N) is 1. The van der Waals surface area contributed by atoms with E-state index in [1.54, 1.807) is 31.4 Å². The minimum absolute atomic E-state index is 0.0345. The number of piperidine rings is 1. The van der Waals surface area contributed by atoms with Gasteiger partial charge in [0, 0.05) is 32.7 Å². The molecule has 1 aromatic rings. The van der Waals surface area contributed by atoms with Crippen LogP contribution in [0, 0.1) is 12.8 Å². The highest BCUT2D eigenvalue weighted by atomic mass is 32.2. The molecule has 1 N–H and O–H groups in total. The number of aryl methyl sites for hydroxylation is 1. The van der Waals surface area contributed by atoms with Crippen LogP contribution < -0.4 is 5.32 Å². The van der Waals surface area contributed by atoms with E-state index in [9.17, 15) is 13.2 Å². The van der Waals surface area contributed by atoms with Crippen LogP contribution in [0.15, 0.2) is 29.2 Å². The summed E-state index contributed by atoms with van der Waals surface area (Å²) in [5.74, 6) is -0.189. The Labute approximate surface area is 155 Å².